The molecule has 6 heteroatoms. The number of ether oxygens (including phenoxy) is 2. The van der Waals surface area contributed by atoms with Gasteiger partial charge in [0, 0.05) is 19.4 Å². The van der Waals surface area contributed by atoms with E-state index in [0.29, 0.717) is 30.1 Å². The first-order valence-corrected chi connectivity index (χ1v) is 11.3. The van der Waals surface area contributed by atoms with Crippen molar-refractivity contribution < 1.29 is 23.9 Å². The maximum Gasteiger partial charge on any atom is 0.303 e. The van der Waals surface area contributed by atoms with Gasteiger partial charge in [-0.1, -0.05) is 6.92 Å². The molecule has 8 atom stereocenters. The molecule has 1 saturated heterocycles. The van der Waals surface area contributed by atoms with Crippen LogP contribution < -0.4 is 5.32 Å². The molecule has 0 bridgehead atoms. The van der Waals surface area contributed by atoms with E-state index in [-0.39, 0.29) is 34.9 Å². The molecule has 0 aromatic rings. The number of rotatable bonds is 2. The number of hydrogen-bond donors (Lipinski definition) is 1. The fraction of sp³-hybridized carbons (Fsp3) is 0.870. The van der Waals surface area contributed by atoms with Crippen molar-refractivity contribution in [3.05, 3.63) is 0 Å². The Kier molecular flexibility index (Phi) is 5.19. The highest BCUT2D eigenvalue weighted by molar-refractivity contribution is 5.85. The summed E-state index contributed by atoms with van der Waals surface area (Å²) in [7, 11) is 0. The van der Waals surface area contributed by atoms with Gasteiger partial charge in [0.1, 0.15) is 6.10 Å². The van der Waals surface area contributed by atoms with Gasteiger partial charge in [-0.2, -0.15) is 0 Å². The molecule has 3 saturated carbocycles. The Morgan fingerprint density at radius 3 is 2.34 bits per heavy atom. The molecule has 1 aliphatic heterocycles. The second-order valence-corrected chi connectivity index (χ2v) is 10.4. The molecule has 4 fully saturated rings. The van der Waals surface area contributed by atoms with E-state index in [1.54, 1.807) is 0 Å². The lowest BCUT2D eigenvalue weighted by molar-refractivity contribution is -0.172. The van der Waals surface area contributed by atoms with Gasteiger partial charge in [0.05, 0.1) is 0 Å². The van der Waals surface area contributed by atoms with E-state index >= 15 is 0 Å². The average Bonchev–Trinajstić information content (AvgIpc) is 2.62. The normalized spacial score (nSPS) is 46.4. The third-order valence-electron chi connectivity index (χ3n) is 8.82. The third kappa shape index (κ3) is 3.57. The second-order valence-electron chi connectivity index (χ2n) is 10.4. The van der Waals surface area contributed by atoms with Gasteiger partial charge in [0.25, 0.3) is 5.91 Å². The van der Waals surface area contributed by atoms with Crippen LogP contribution in [-0.4, -0.2) is 35.6 Å². The molecule has 0 radical (unpaired) electrons. The number of nitrogens with one attached hydrogen (secondary N) is 1. The minimum absolute atomic E-state index is 0.0679. The van der Waals surface area contributed by atoms with Crippen LogP contribution in [-0.2, 0) is 23.9 Å². The van der Waals surface area contributed by atoms with E-state index in [2.05, 4.69) is 19.2 Å². The van der Waals surface area contributed by atoms with E-state index in [1.165, 1.54) is 13.8 Å². The van der Waals surface area contributed by atoms with Gasteiger partial charge in [-0.05, 0) is 87.4 Å². The van der Waals surface area contributed by atoms with E-state index in [9.17, 15) is 14.4 Å². The molecule has 1 N–H and O–H groups in total. The largest absolute Gasteiger partial charge is 0.463 e. The van der Waals surface area contributed by atoms with Crippen LogP contribution in [0.1, 0.15) is 79.1 Å². The van der Waals surface area contributed by atoms with Crippen molar-refractivity contribution in [1.29, 1.82) is 0 Å². The standard InChI is InChI=1S/C23H35NO5/c1-13(25)28-16-7-9-22(3)15(11-16)5-6-17-18(22)8-10-23(4)19(17)12-20(21(27)24-23)29-14(2)26/h15-20H,5-12H2,1-4H3,(H,24,27)/t15-,16-,17+,18-,19-,20+,22-,23-/m0/s1. The highest BCUT2D eigenvalue weighted by Crippen LogP contribution is 2.62. The van der Waals surface area contributed by atoms with Crippen molar-refractivity contribution in [2.75, 3.05) is 0 Å². The molecule has 162 valence electrons. The first-order valence-electron chi connectivity index (χ1n) is 11.3. The summed E-state index contributed by atoms with van der Waals surface area (Å²) in [4.78, 5) is 35.4. The molecule has 0 spiro atoms. The highest BCUT2D eigenvalue weighted by Gasteiger charge is 2.59. The number of amides is 1. The second kappa shape index (κ2) is 7.28. The lowest BCUT2D eigenvalue weighted by atomic mass is 9.45. The van der Waals surface area contributed by atoms with Crippen molar-refractivity contribution in [2.45, 2.75) is 96.8 Å². The number of carbonyl (C=O) groups is 3. The SMILES string of the molecule is CC(=O)O[C@H]1CC[C@@]2(C)[C@@H](CC[C@@H]3[C@@H]2CC[C@]2(C)NC(=O)[C@H](OC(C)=O)C[C@@H]32)C1. The molecule has 0 aromatic heterocycles. The predicted octanol–water partition coefficient (Wildman–Crippen LogP) is 3.37. The summed E-state index contributed by atoms with van der Waals surface area (Å²) in [5.41, 5.74) is 0.0618. The summed E-state index contributed by atoms with van der Waals surface area (Å²) in [6.45, 7) is 7.51. The summed E-state index contributed by atoms with van der Waals surface area (Å²) in [5.74, 6) is 1.39. The monoisotopic (exact) mass is 405 g/mol. The third-order valence-corrected chi connectivity index (χ3v) is 8.82. The van der Waals surface area contributed by atoms with Crippen molar-refractivity contribution in [2.24, 2.45) is 29.1 Å². The Hall–Kier alpha value is -1.59. The molecule has 1 heterocycles. The summed E-state index contributed by atoms with van der Waals surface area (Å²) in [5, 5.41) is 3.22. The average molecular weight is 406 g/mol. The zero-order valence-corrected chi connectivity index (χ0v) is 18.2. The molecule has 6 nitrogen and oxygen atoms in total. The van der Waals surface area contributed by atoms with Crippen LogP contribution in [0.25, 0.3) is 0 Å². The van der Waals surface area contributed by atoms with E-state index in [1.807, 2.05) is 0 Å². The van der Waals surface area contributed by atoms with Gasteiger partial charge in [0.2, 0.25) is 0 Å². The summed E-state index contributed by atoms with van der Waals surface area (Å²) >= 11 is 0. The smallest absolute Gasteiger partial charge is 0.303 e. The zero-order valence-electron chi connectivity index (χ0n) is 18.2. The van der Waals surface area contributed by atoms with E-state index in [0.717, 1.165) is 44.9 Å². The number of hydrogen-bond acceptors (Lipinski definition) is 5. The van der Waals surface area contributed by atoms with Crippen LogP contribution in [0, 0.1) is 29.1 Å². The van der Waals surface area contributed by atoms with Gasteiger partial charge in [-0.25, -0.2) is 0 Å². The van der Waals surface area contributed by atoms with Crippen LogP contribution in [0.5, 0.6) is 0 Å². The highest BCUT2D eigenvalue weighted by atomic mass is 16.5. The van der Waals surface area contributed by atoms with Crippen LogP contribution >= 0.6 is 0 Å². The van der Waals surface area contributed by atoms with Gasteiger partial charge >= 0.3 is 11.9 Å². The predicted molar refractivity (Wildman–Crippen MR) is 107 cm³/mol. The van der Waals surface area contributed by atoms with Crippen molar-refractivity contribution in [3.8, 4) is 0 Å². The maximum absolute atomic E-state index is 12.5. The molecule has 3 aliphatic carbocycles. The molecule has 4 rings (SSSR count). The zero-order chi connectivity index (χ0) is 21.0. The Morgan fingerprint density at radius 1 is 0.931 bits per heavy atom. The van der Waals surface area contributed by atoms with Gasteiger partial charge in [-0.15, -0.1) is 0 Å². The minimum Gasteiger partial charge on any atom is -0.463 e. The molecular formula is C23H35NO5. The van der Waals surface area contributed by atoms with Crippen molar-refractivity contribution in [1.82, 2.24) is 5.32 Å². The van der Waals surface area contributed by atoms with E-state index in [4.69, 9.17) is 9.47 Å². The Labute approximate surface area is 173 Å². The Balaban J connectivity index is 1.53. The maximum atomic E-state index is 12.5. The number of esters is 2. The molecule has 0 aromatic carbocycles. The lowest BCUT2D eigenvalue weighted by Crippen LogP contribution is -2.66. The quantitative estimate of drug-likeness (QED) is 0.713. The number of piperidine rings is 1. The van der Waals surface area contributed by atoms with Crippen LogP contribution in [0.2, 0.25) is 0 Å². The first kappa shape index (κ1) is 20.7. The summed E-state index contributed by atoms with van der Waals surface area (Å²) < 4.78 is 10.9. The number of carbonyl (C=O) groups excluding carboxylic acids is 3. The number of fused-ring (bicyclic) bond motifs is 5. The first-order chi connectivity index (χ1) is 13.6. The molecular weight excluding hydrogens is 370 g/mol. The topological polar surface area (TPSA) is 81.7 Å². The minimum atomic E-state index is -0.658. The van der Waals surface area contributed by atoms with Crippen LogP contribution in [0.4, 0.5) is 0 Å². The molecule has 29 heavy (non-hydrogen) atoms. The molecule has 1 amide bonds. The lowest BCUT2D eigenvalue weighted by Gasteiger charge is -2.62. The Bertz CT molecular complexity index is 707. The van der Waals surface area contributed by atoms with E-state index < -0.39 is 6.10 Å². The summed E-state index contributed by atoms with van der Waals surface area (Å²) in [6.07, 6.45) is 7.47. The van der Waals surface area contributed by atoms with Gasteiger partial charge < -0.3 is 14.8 Å². The molecule has 0 unspecified atom stereocenters. The fourth-order valence-electron chi connectivity index (χ4n) is 7.47. The van der Waals surface area contributed by atoms with Crippen LogP contribution in [0.15, 0.2) is 0 Å². The van der Waals surface area contributed by atoms with Crippen molar-refractivity contribution in [3.63, 3.8) is 0 Å². The Morgan fingerprint density at radius 2 is 1.66 bits per heavy atom. The van der Waals surface area contributed by atoms with Crippen molar-refractivity contribution >= 4 is 17.8 Å². The molecule has 4 aliphatic rings. The summed E-state index contributed by atoms with van der Waals surface area (Å²) in [6, 6.07) is 0. The van der Waals surface area contributed by atoms with Gasteiger partial charge in [-0.3, -0.25) is 14.4 Å². The van der Waals surface area contributed by atoms with Gasteiger partial charge in [0.15, 0.2) is 6.10 Å². The fourth-order valence-corrected chi connectivity index (χ4v) is 7.47. The van der Waals surface area contributed by atoms with Crippen LogP contribution in [0.3, 0.4) is 0 Å².